The summed E-state index contributed by atoms with van der Waals surface area (Å²) in [7, 11) is 0. The maximum atomic E-state index is 12.8. The van der Waals surface area contributed by atoms with E-state index in [1.807, 2.05) is 36.5 Å². The first-order chi connectivity index (χ1) is 31.5. The lowest BCUT2D eigenvalue weighted by Crippen LogP contribution is -2.30. The first-order valence-corrected chi connectivity index (χ1v) is 26.3. The third kappa shape index (κ3) is 49.3. The molecule has 0 saturated heterocycles. The lowest BCUT2D eigenvalue weighted by molar-refractivity contribution is -0.167. The Morgan fingerprint density at radius 3 is 1.16 bits per heavy atom. The van der Waals surface area contributed by atoms with E-state index in [2.05, 4.69) is 81.5 Å². The van der Waals surface area contributed by atoms with Crippen molar-refractivity contribution in [2.75, 3.05) is 13.2 Å². The molecule has 6 nitrogen and oxygen atoms in total. The van der Waals surface area contributed by atoms with Crippen LogP contribution in [-0.4, -0.2) is 37.2 Å². The molecule has 0 aromatic rings. The van der Waals surface area contributed by atoms with Gasteiger partial charge in [-0.1, -0.05) is 234 Å². The third-order valence-corrected chi connectivity index (χ3v) is 10.9. The molecule has 0 spiro atoms. The Bertz CT molecular complexity index is 1300. The Labute approximate surface area is 394 Å². The van der Waals surface area contributed by atoms with Crippen molar-refractivity contribution in [3.05, 3.63) is 97.2 Å². The number of rotatable bonds is 46. The third-order valence-electron chi connectivity index (χ3n) is 10.9. The number of unbranched alkanes of at least 4 members (excludes halogenated alkanes) is 22. The van der Waals surface area contributed by atoms with Crippen LogP contribution in [0.4, 0.5) is 0 Å². The summed E-state index contributed by atoms with van der Waals surface area (Å²) in [6.45, 7) is 6.34. The molecule has 6 heteroatoms. The van der Waals surface area contributed by atoms with Gasteiger partial charge in [-0.15, -0.1) is 0 Å². The second-order valence-electron chi connectivity index (χ2n) is 17.1. The predicted octanol–water partition coefficient (Wildman–Crippen LogP) is 17.4. The Hall–Kier alpha value is -3.67. The van der Waals surface area contributed by atoms with Crippen LogP contribution in [0.2, 0.25) is 0 Å². The van der Waals surface area contributed by atoms with E-state index >= 15 is 0 Å². The van der Waals surface area contributed by atoms with E-state index < -0.39 is 6.10 Å². The van der Waals surface area contributed by atoms with E-state index in [1.54, 1.807) is 0 Å². The van der Waals surface area contributed by atoms with Gasteiger partial charge in [0.25, 0.3) is 0 Å². The van der Waals surface area contributed by atoms with Crippen LogP contribution in [0.1, 0.15) is 233 Å². The molecule has 0 aliphatic carbocycles. The first-order valence-electron chi connectivity index (χ1n) is 26.3. The minimum Gasteiger partial charge on any atom is -0.462 e. The zero-order chi connectivity index (χ0) is 46.5. The van der Waals surface area contributed by atoms with Crippen LogP contribution in [0.3, 0.4) is 0 Å². The molecule has 0 saturated carbocycles. The van der Waals surface area contributed by atoms with E-state index in [0.717, 1.165) is 109 Å². The van der Waals surface area contributed by atoms with Crippen molar-refractivity contribution >= 4 is 17.9 Å². The van der Waals surface area contributed by atoms with E-state index in [1.165, 1.54) is 83.5 Å². The first kappa shape index (κ1) is 60.3. The molecule has 0 aromatic carbocycles. The van der Waals surface area contributed by atoms with Gasteiger partial charge in [0, 0.05) is 19.3 Å². The lowest BCUT2D eigenvalue weighted by atomic mass is 10.0. The molecule has 0 rings (SSSR count). The maximum Gasteiger partial charge on any atom is 0.306 e. The van der Waals surface area contributed by atoms with E-state index in [9.17, 15) is 14.4 Å². The Morgan fingerprint density at radius 2 is 0.688 bits per heavy atom. The zero-order valence-electron chi connectivity index (χ0n) is 41.5. The predicted molar refractivity (Wildman–Crippen MR) is 274 cm³/mol. The van der Waals surface area contributed by atoms with E-state index in [0.29, 0.717) is 19.3 Å². The monoisotopic (exact) mass is 889 g/mol. The normalized spacial score (nSPS) is 12.9. The molecule has 1 atom stereocenters. The highest BCUT2D eigenvalue weighted by Gasteiger charge is 2.19. The molecule has 0 N–H and O–H groups in total. The highest BCUT2D eigenvalue weighted by Crippen LogP contribution is 2.15. The minimum atomic E-state index is -0.798. The van der Waals surface area contributed by atoms with Crippen molar-refractivity contribution < 1.29 is 28.6 Å². The standard InChI is InChI=1S/C58H96O6/c1-4-7-10-13-16-19-22-25-27-28-29-30-31-34-36-39-42-45-48-51-57(60)63-54-55(53-62-56(59)50-47-44-41-38-35-32-24-21-18-15-12-9-6-3)64-58(61)52-49-46-43-40-37-33-26-23-20-17-14-11-8-5-2/h7,9-10,12,15-16,18-19,21,24-25,27,29-30,32,35,55H,4-6,8,11,13-14,17,20,22-23,26,28,31,33-34,36-54H2,1-3H3/b10-7+,12-9+,18-15+,19-16+,24-21+,27-25+,30-29+,35-32+. The van der Waals surface area contributed by atoms with Crippen molar-refractivity contribution in [2.24, 2.45) is 0 Å². The molecule has 0 aromatic heterocycles. The van der Waals surface area contributed by atoms with Crippen molar-refractivity contribution in [3.63, 3.8) is 0 Å². The van der Waals surface area contributed by atoms with Gasteiger partial charge in [-0.2, -0.15) is 0 Å². The Morgan fingerprint density at radius 1 is 0.344 bits per heavy atom. The molecular weight excluding hydrogens is 793 g/mol. The average molecular weight is 889 g/mol. The number of carbonyl (C=O) groups excluding carboxylic acids is 3. The number of hydrogen-bond acceptors (Lipinski definition) is 6. The van der Waals surface area contributed by atoms with Gasteiger partial charge < -0.3 is 14.2 Å². The average Bonchev–Trinajstić information content (AvgIpc) is 3.29. The molecule has 64 heavy (non-hydrogen) atoms. The molecular formula is C58H96O6. The number of hydrogen-bond donors (Lipinski definition) is 0. The van der Waals surface area contributed by atoms with Gasteiger partial charge in [0.2, 0.25) is 0 Å². The van der Waals surface area contributed by atoms with Crippen LogP contribution in [0, 0.1) is 0 Å². The molecule has 0 aliphatic rings. The molecule has 0 bridgehead atoms. The van der Waals surface area contributed by atoms with Crippen LogP contribution >= 0.6 is 0 Å². The van der Waals surface area contributed by atoms with Gasteiger partial charge in [0.15, 0.2) is 6.10 Å². The lowest BCUT2D eigenvalue weighted by Gasteiger charge is -2.18. The second-order valence-corrected chi connectivity index (χ2v) is 17.1. The molecule has 0 fully saturated rings. The highest BCUT2D eigenvalue weighted by atomic mass is 16.6. The fraction of sp³-hybridized carbons (Fsp3) is 0.672. The van der Waals surface area contributed by atoms with Gasteiger partial charge >= 0.3 is 17.9 Å². The molecule has 0 aliphatic heterocycles. The smallest absolute Gasteiger partial charge is 0.306 e. The van der Waals surface area contributed by atoms with Crippen molar-refractivity contribution in [1.82, 2.24) is 0 Å². The molecule has 1 unspecified atom stereocenters. The number of allylic oxidation sites excluding steroid dienone is 16. The highest BCUT2D eigenvalue weighted by molar-refractivity contribution is 5.71. The number of ether oxygens (including phenoxy) is 3. The summed E-state index contributed by atoms with van der Waals surface area (Å²) in [6.07, 6.45) is 68.2. The molecule has 0 radical (unpaired) electrons. The largest absolute Gasteiger partial charge is 0.462 e. The summed E-state index contributed by atoms with van der Waals surface area (Å²) < 4.78 is 16.8. The summed E-state index contributed by atoms with van der Waals surface area (Å²) in [5.74, 6) is -0.950. The van der Waals surface area contributed by atoms with Crippen LogP contribution in [0.25, 0.3) is 0 Å². The van der Waals surface area contributed by atoms with Crippen molar-refractivity contribution in [2.45, 2.75) is 239 Å². The van der Waals surface area contributed by atoms with E-state index in [-0.39, 0.29) is 31.1 Å². The van der Waals surface area contributed by atoms with E-state index in [4.69, 9.17) is 14.2 Å². The summed E-state index contributed by atoms with van der Waals surface area (Å²) in [5, 5.41) is 0. The van der Waals surface area contributed by atoms with Gasteiger partial charge in [0.05, 0.1) is 0 Å². The van der Waals surface area contributed by atoms with Crippen LogP contribution in [0.15, 0.2) is 97.2 Å². The number of carbonyl (C=O) groups is 3. The van der Waals surface area contributed by atoms with Gasteiger partial charge in [-0.3, -0.25) is 14.4 Å². The van der Waals surface area contributed by atoms with Crippen LogP contribution in [0.5, 0.6) is 0 Å². The Kier molecular flexibility index (Phi) is 49.0. The summed E-state index contributed by atoms with van der Waals surface area (Å²) in [5.41, 5.74) is 0. The summed E-state index contributed by atoms with van der Waals surface area (Å²) in [4.78, 5) is 38.0. The maximum absolute atomic E-state index is 12.8. The summed E-state index contributed by atoms with van der Waals surface area (Å²) in [6, 6.07) is 0. The fourth-order valence-electron chi connectivity index (χ4n) is 7.03. The topological polar surface area (TPSA) is 78.9 Å². The zero-order valence-corrected chi connectivity index (χ0v) is 41.5. The molecule has 364 valence electrons. The molecule has 0 heterocycles. The minimum absolute atomic E-state index is 0.0973. The quantitative estimate of drug-likeness (QED) is 0.0199. The Balaban J connectivity index is 4.44. The van der Waals surface area contributed by atoms with Crippen LogP contribution in [-0.2, 0) is 28.6 Å². The van der Waals surface area contributed by atoms with Crippen LogP contribution < -0.4 is 0 Å². The molecule has 0 amide bonds. The van der Waals surface area contributed by atoms with Gasteiger partial charge in [0.1, 0.15) is 13.2 Å². The SMILES string of the molecule is CC/C=C/C=C/C=C/C=C/CCCCCC(=O)OCC(COC(=O)CCCCCCCC/C=C/C/C=C/C/C=C/C/C=C/CC)OC(=O)CCCCCCCCCCCCCCCC. The van der Waals surface area contributed by atoms with Gasteiger partial charge in [-0.25, -0.2) is 0 Å². The van der Waals surface area contributed by atoms with Crippen molar-refractivity contribution in [1.29, 1.82) is 0 Å². The van der Waals surface area contributed by atoms with Gasteiger partial charge in [-0.05, 0) is 77.0 Å². The summed E-state index contributed by atoms with van der Waals surface area (Å²) >= 11 is 0. The number of esters is 3. The second kappa shape index (κ2) is 52.0. The fourth-order valence-corrected chi connectivity index (χ4v) is 7.03. The van der Waals surface area contributed by atoms with Crippen molar-refractivity contribution in [3.8, 4) is 0 Å².